The second-order valence-corrected chi connectivity index (χ2v) is 7.94. The predicted molar refractivity (Wildman–Crippen MR) is 116 cm³/mol. The van der Waals surface area contributed by atoms with Gasteiger partial charge in [-0.05, 0) is 52.1 Å². The molecule has 5 heteroatoms. The van der Waals surface area contributed by atoms with Gasteiger partial charge in [0.25, 0.3) is 0 Å². The summed E-state index contributed by atoms with van der Waals surface area (Å²) in [6.45, 7) is 1.93. The number of benzene rings is 3. The number of hydrogen-bond donors (Lipinski definition) is 2. The smallest absolute Gasteiger partial charge is 0.319 e. The minimum atomic E-state index is 0.0106. The third-order valence-corrected chi connectivity index (χ3v) is 5.62. The normalized spacial score (nSPS) is 15.7. The maximum atomic E-state index is 12.9. The van der Waals surface area contributed by atoms with E-state index < -0.39 is 0 Å². The summed E-state index contributed by atoms with van der Waals surface area (Å²) >= 11 is 0. The number of fused-ring (bicyclic) bond motifs is 2. The Balaban J connectivity index is 1.36. The number of phenolic OH excluding ortho intramolecular Hbond substituents is 1. The number of hydrogen-bond acceptors (Lipinski definition) is 3. The van der Waals surface area contributed by atoms with Gasteiger partial charge in [0, 0.05) is 39.8 Å². The number of carbonyl (C=O) groups excluding carboxylic acids is 1. The van der Waals surface area contributed by atoms with Crippen molar-refractivity contribution in [2.75, 3.05) is 20.6 Å². The lowest BCUT2D eigenvalue weighted by atomic mass is 9.95. The maximum absolute atomic E-state index is 12.9. The largest absolute Gasteiger partial charge is 0.508 e. The number of rotatable bonds is 4. The van der Waals surface area contributed by atoms with E-state index in [0.717, 1.165) is 17.5 Å². The number of urea groups is 1. The number of carbonyl (C=O) groups is 1. The summed E-state index contributed by atoms with van der Waals surface area (Å²) in [6, 6.07) is 20.3. The zero-order valence-electron chi connectivity index (χ0n) is 16.9. The van der Waals surface area contributed by atoms with Crippen LogP contribution in [0.2, 0.25) is 0 Å². The van der Waals surface area contributed by atoms with Crippen LogP contribution in [0.25, 0.3) is 10.8 Å². The van der Waals surface area contributed by atoms with Gasteiger partial charge in [0.2, 0.25) is 0 Å². The average molecular weight is 389 g/mol. The summed E-state index contributed by atoms with van der Waals surface area (Å²) in [6.07, 6.45) is 0.849. The molecule has 29 heavy (non-hydrogen) atoms. The molecule has 1 unspecified atom stereocenters. The van der Waals surface area contributed by atoms with Gasteiger partial charge >= 0.3 is 6.03 Å². The highest BCUT2D eigenvalue weighted by molar-refractivity contribution is 5.83. The standard InChI is InChI=1S/C24H27N3O2/c1-26(15-17-7-8-18-5-3-4-6-19(18)11-17)24(29)27(2)16-22-12-20-9-10-23(28)13-21(20)14-25-22/h3-11,13,22,25,28H,12,14-16H2,1-2H3. The van der Waals surface area contributed by atoms with E-state index in [1.807, 2.05) is 38.4 Å². The molecule has 0 saturated heterocycles. The highest BCUT2D eigenvalue weighted by Gasteiger charge is 2.23. The van der Waals surface area contributed by atoms with Crippen molar-refractivity contribution in [1.82, 2.24) is 15.1 Å². The number of nitrogens with zero attached hydrogens (tertiary/aromatic N) is 2. The molecule has 1 aliphatic heterocycles. The first-order valence-corrected chi connectivity index (χ1v) is 9.97. The summed E-state index contributed by atoms with van der Waals surface area (Å²) in [5.74, 6) is 0.298. The second-order valence-electron chi connectivity index (χ2n) is 7.94. The number of aromatic hydroxyl groups is 1. The molecular formula is C24H27N3O2. The van der Waals surface area contributed by atoms with Crippen molar-refractivity contribution in [2.24, 2.45) is 0 Å². The monoisotopic (exact) mass is 389 g/mol. The molecule has 0 spiro atoms. The fraction of sp³-hybridized carbons (Fsp3) is 0.292. The number of nitrogens with one attached hydrogen (secondary N) is 1. The van der Waals surface area contributed by atoms with E-state index in [2.05, 4.69) is 35.6 Å². The number of amides is 2. The molecular weight excluding hydrogens is 362 g/mol. The van der Waals surface area contributed by atoms with Crippen LogP contribution in [0, 0.1) is 0 Å². The Morgan fingerprint density at radius 3 is 2.62 bits per heavy atom. The van der Waals surface area contributed by atoms with Gasteiger partial charge in [0.1, 0.15) is 5.75 Å². The molecule has 1 atom stereocenters. The summed E-state index contributed by atoms with van der Waals surface area (Å²) in [5.41, 5.74) is 3.48. The molecule has 0 bridgehead atoms. The van der Waals surface area contributed by atoms with E-state index in [-0.39, 0.29) is 12.1 Å². The lowest BCUT2D eigenvalue weighted by Gasteiger charge is -2.32. The molecule has 0 radical (unpaired) electrons. The highest BCUT2D eigenvalue weighted by atomic mass is 16.3. The van der Waals surface area contributed by atoms with Crippen LogP contribution < -0.4 is 5.32 Å². The lowest BCUT2D eigenvalue weighted by molar-refractivity contribution is 0.165. The fourth-order valence-corrected chi connectivity index (χ4v) is 4.08. The Kier molecular flexibility index (Phi) is 5.41. The van der Waals surface area contributed by atoms with Crippen molar-refractivity contribution in [3.8, 4) is 5.75 Å². The van der Waals surface area contributed by atoms with E-state index in [1.54, 1.807) is 15.9 Å². The van der Waals surface area contributed by atoms with Crippen LogP contribution in [0.4, 0.5) is 4.79 Å². The molecule has 1 aliphatic rings. The number of phenols is 1. The first-order valence-electron chi connectivity index (χ1n) is 9.97. The van der Waals surface area contributed by atoms with Crippen LogP contribution in [0.15, 0.2) is 60.7 Å². The third-order valence-electron chi connectivity index (χ3n) is 5.62. The predicted octanol–water partition coefficient (Wildman–Crippen LogP) is 3.74. The van der Waals surface area contributed by atoms with Crippen molar-refractivity contribution in [3.63, 3.8) is 0 Å². The SMILES string of the molecule is CN(Cc1ccc2ccccc2c1)C(=O)N(C)CC1Cc2ccc(O)cc2CN1. The molecule has 3 aromatic carbocycles. The fourth-order valence-electron chi connectivity index (χ4n) is 4.08. The van der Waals surface area contributed by atoms with Crippen molar-refractivity contribution in [1.29, 1.82) is 0 Å². The first kappa shape index (κ1) is 19.3. The van der Waals surface area contributed by atoms with E-state index in [4.69, 9.17) is 0 Å². The topological polar surface area (TPSA) is 55.8 Å². The van der Waals surface area contributed by atoms with Gasteiger partial charge in [-0.25, -0.2) is 4.79 Å². The van der Waals surface area contributed by atoms with Gasteiger partial charge in [-0.2, -0.15) is 0 Å². The summed E-state index contributed by atoms with van der Waals surface area (Å²) in [5, 5.41) is 15.5. The van der Waals surface area contributed by atoms with E-state index >= 15 is 0 Å². The molecule has 2 amide bonds. The van der Waals surface area contributed by atoms with Crippen LogP contribution in [0.1, 0.15) is 16.7 Å². The van der Waals surface area contributed by atoms with E-state index in [1.165, 1.54) is 16.3 Å². The molecule has 4 rings (SSSR count). The van der Waals surface area contributed by atoms with Gasteiger partial charge in [0.05, 0.1) is 0 Å². The zero-order valence-corrected chi connectivity index (χ0v) is 16.9. The Morgan fingerprint density at radius 2 is 1.79 bits per heavy atom. The minimum Gasteiger partial charge on any atom is -0.508 e. The van der Waals surface area contributed by atoms with Crippen LogP contribution in [0.3, 0.4) is 0 Å². The highest BCUT2D eigenvalue weighted by Crippen LogP contribution is 2.22. The Labute approximate surface area is 171 Å². The molecule has 0 aromatic heterocycles. The zero-order chi connectivity index (χ0) is 20.4. The lowest BCUT2D eigenvalue weighted by Crippen LogP contribution is -2.48. The molecule has 2 N–H and O–H groups in total. The first-order chi connectivity index (χ1) is 14.0. The molecule has 5 nitrogen and oxygen atoms in total. The minimum absolute atomic E-state index is 0.0106. The molecule has 0 fully saturated rings. The summed E-state index contributed by atoms with van der Waals surface area (Å²) in [4.78, 5) is 16.4. The maximum Gasteiger partial charge on any atom is 0.319 e. The van der Waals surface area contributed by atoms with Crippen molar-refractivity contribution in [3.05, 3.63) is 77.4 Å². The van der Waals surface area contributed by atoms with Crippen molar-refractivity contribution >= 4 is 16.8 Å². The quantitative estimate of drug-likeness (QED) is 0.715. The Hall–Kier alpha value is -3.05. The van der Waals surface area contributed by atoms with Gasteiger partial charge in [-0.1, -0.05) is 42.5 Å². The average Bonchev–Trinajstić information content (AvgIpc) is 2.73. The van der Waals surface area contributed by atoms with E-state index in [9.17, 15) is 9.90 Å². The molecule has 1 heterocycles. The van der Waals surface area contributed by atoms with Gasteiger partial charge in [0.15, 0.2) is 0 Å². The second kappa shape index (κ2) is 8.13. The van der Waals surface area contributed by atoms with Crippen LogP contribution in [-0.2, 0) is 19.5 Å². The van der Waals surface area contributed by atoms with Gasteiger partial charge in [-0.15, -0.1) is 0 Å². The van der Waals surface area contributed by atoms with Crippen molar-refractivity contribution in [2.45, 2.75) is 25.6 Å². The Morgan fingerprint density at radius 1 is 1.00 bits per heavy atom. The number of likely N-dealkylation sites (N-methyl/N-ethyl adjacent to an activating group) is 1. The molecule has 150 valence electrons. The van der Waals surface area contributed by atoms with Crippen molar-refractivity contribution < 1.29 is 9.90 Å². The van der Waals surface area contributed by atoms with Crippen LogP contribution in [-0.4, -0.2) is 47.6 Å². The van der Waals surface area contributed by atoms with Gasteiger partial charge in [-0.3, -0.25) is 0 Å². The van der Waals surface area contributed by atoms with Crippen LogP contribution >= 0.6 is 0 Å². The van der Waals surface area contributed by atoms with Crippen LogP contribution in [0.5, 0.6) is 5.75 Å². The van der Waals surface area contributed by atoms with E-state index in [0.29, 0.717) is 25.4 Å². The van der Waals surface area contributed by atoms with Gasteiger partial charge < -0.3 is 20.2 Å². The summed E-state index contributed by atoms with van der Waals surface area (Å²) < 4.78 is 0. The molecule has 0 saturated carbocycles. The Bertz CT molecular complexity index is 1030. The third kappa shape index (κ3) is 4.35. The molecule has 0 aliphatic carbocycles. The molecule has 3 aromatic rings. The summed E-state index contributed by atoms with van der Waals surface area (Å²) in [7, 11) is 3.70.